The van der Waals surface area contributed by atoms with E-state index in [0.717, 1.165) is 15.3 Å². The molecule has 2 heterocycles. The topological polar surface area (TPSA) is 12.9 Å². The van der Waals surface area contributed by atoms with Gasteiger partial charge in [0.1, 0.15) is 5.03 Å². The van der Waals surface area contributed by atoms with Gasteiger partial charge in [-0.2, -0.15) is 0 Å². The fourth-order valence-electron chi connectivity index (χ4n) is 2.02. The molecule has 0 amide bonds. The van der Waals surface area contributed by atoms with Gasteiger partial charge >= 0.3 is 0 Å². The van der Waals surface area contributed by atoms with Gasteiger partial charge in [0.15, 0.2) is 0 Å². The third-order valence-corrected chi connectivity index (χ3v) is 6.27. The van der Waals surface area contributed by atoms with Gasteiger partial charge in [-0.25, -0.2) is 4.98 Å². The van der Waals surface area contributed by atoms with Crippen LogP contribution in [0.3, 0.4) is 0 Å². The number of hydrogen-bond donors (Lipinski definition) is 0. The Labute approximate surface area is 124 Å². The normalized spacial score (nSPS) is 17.7. The van der Waals surface area contributed by atoms with Crippen LogP contribution in [0.5, 0.6) is 0 Å². The maximum absolute atomic E-state index is 4.40. The minimum Gasteiger partial charge on any atom is -0.249 e. The average Bonchev–Trinajstić information content (AvgIpc) is 2.81. The lowest BCUT2D eigenvalue weighted by molar-refractivity contribution is 0.893. The smallest absolute Gasteiger partial charge is 0.110 e. The molecule has 0 saturated carbocycles. The summed E-state index contributed by atoms with van der Waals surface area (Å²) in [6.07, 6.45) is 1.85. The zero-order valence-corrected chi connectivity index (χ0v) is 12.9. The molecule has 0 fully saturated rings. The molecule has 1 unspecified atom stereocenters. The summed E-state index contributed by atoms with van der Waals surface area (Å²) in [5, 5.41) is 1.09. The van der Waals surface area contributed by atoms with Crippen LogP contribution in [0.15, 0.2) is 57.0 Å². The lowest BCUT2D eigenvalue weighted by Crippen LogP contribution is -2.00. The van der Waals surface area contributed by atoms with Crippen molar-refractivity contribution in [3.8, 4) is 0 Å². The van der Waals surface area contributed by atoms with E-state index in [4.69, 9.17) is 0 Å². The highest BCUT2D eigenvalue weighted by Crippen LogP contribution is 2.42. The third-order valence-electron chi connectivity index (χ3n) is 2.94. The Kier molecular flexibility index (Phi) is 3.97. The molecular weight excluding hydrogens is 326 g/mol. The Balaban J connectivity index is 1.71. The van der Waals surface area contributed by atoms with Crippen LogP contribution in [0.25, 0.3) is 0 Å². The molecule has 3 rings (SSSR count). The van der Waals surface area contributed by atoms with Gasteiger partial charge < -0.3 is 0 Å². The minimum absolute atomic E-state index is 0.644. The molecule has 4 heteroatoms. The molecule has 0 spiro atoms. The van der Waals surface area contributed by atoms with Crippen LogP contribution in [0.4, 0.5) is 0 Å². The number of rotatable bonds is 3. The van der Waals surface area contributed by atoms with Gasteiger partial charge in [0.05, 0.1) is 0 Å². The highest BCUT2D eigenvalue weighted by molar-refractivity contribution is 9.10. The van der Waals surface area contributed by atoms with Crippen LogP contribution in [-0.2, 0) is 0 Å². The fraction of sp³-hybridized carbons (Fsp3) is 0.214. The first-order valence-corrected chi connectivity index (χ1v) is 8.56. The average molecular weight is 338 g/mol. The van der Waals surface area contributed by atoms with Crippen molar-refractivity contribution in [1.82, 2.24) is 4.98 Å². The lowest BCUT2D eigenvalue weighted by atomic mass is 10.0. The molecule has 2 aromatic rings. The van der Waals surface area contributed by atoms with Crippen molar-refractivity contribution in [2.24, 2.45) is 0 Å². The van der Waals surface area contributed by atoms with E-state index in [1.54, 1.807) is 0 Å². The number of benzene rings is 1. The van der Waals surface area contributed by atoms with Crippen molar-refractivity contribution >= 4 is 39.5 Å². The fourth-order valence-corrected chi connectivity index (χ4v) is 5.02. The lowest BCUT2D eigenvalue weighted by Gasteiger charge is -2.10. The first kappa shape index (κ1) is 12.6. The Morgan fingerprint density at radius 2 is 2.17 bits per heavy atom. The van der Waals surface area contributed by atoms with Crippen LogP contribution in [0.2, 0.25) is 0 Å². The van der Waals surface area contributed by atoms with E-state index >= 15 is 0 Å². The second kappa shape index (κ2) is 5.68. The number of fused-ring (bicyclic) bond motifs is 1. The quantitative estimate of drug-likeness (QED) is 0.745. The molecule has 0 bridgehead atoms. The number of halogens is 1. The molecule has 1 aromatic heterocycles. The zero-order chi connectivity index (χ0) is 12.4. The SMILES string of the molecule is Brc1cccnc1SCC1CSc2ccccc21. The first-order valence-electron chi connectivity index (χ1n) is 5.79. The molecule has 0 radical (unpaired) electrons. The third kappa shape index (κ3) is 2.60. The molecule has 92 valence electrons. The van der Waals surface area contributed by atoms with Gasteiger partial charge in [0.25, 0.3) is 0 Å². The van der Waals surface area contributed by atoms with E-state index in [1.807, 2.05) is 41.9 Å². The zero-order valence-electron chi connectivity index (χ0n) is 9.67. The second-order valence-corrected chi connectivity index (χ2v) is 7.07. The highest BCUT2D eigenvalue weighted by Gasteiger charge is 2.22. The van der Waals surface area contributed by atoms with E-state index in [1.165, 1.54) is 16.2 Å². The molecular formula is C14H12BrNS2. The predicted octanol–water partition coefficient (Wildman–Crippen LogP) is 4.83. The Bertz CT molecular complexity index is 559. The maximum atomic E-state index is 4.40. The van der Waals surface area contributed by atoms with Gasteiger partial charge in [-0.05, 0) is 39.7 Å². The number of aromatic nitrogens is 1. The highest BCUT2D eigenvalue weighted by atomic mass is 79.9. The van der Waals surface area contributed by atoms with Crippen LogP contribution in [0, 0.1) is 0 Å². The largest absolute Gasteiger partial charge is 0.249 e. The molecule has 18 heavy (non-hydrogen) atoms. The van der Waals surface area contributed by atoms with Crippen molar-refractivity contribution in [2.45, 2.75) is 15.8 Å². The molecule has 0 aliphatic carbocycles. The van der Waals surface area contributed by atoms with Gasteiger partial charge in [-0.3, -0.25) is 0 Å². The van der Waals surface area contributed by atoms with Crippen LogP contribution in [0.1, 0.15) is 11.5 Å². The van der Waals surface area contributed by atoms with E-state index < -0.39 is 0 Å². The molecule has 1 aliphatic rings. The number of hydrogen-bond acceptors (Lipinski definition) is 3. The maximum Gasteiger partial charge on any atom is 0.110 e. The molecule has 1 aliphatic heterocycles. The van der Waals surface area contributed by atoms with Crippen molar-refractivity contribution in [1.29, 1.82) is 0 Å². The molecule has 0 saturated heterocycles. The van der Waals surface area contributed by atoms with Crippen molar-refractivity contribution in [3.05, 3.63) is 52.6 Å². The van der Waals surface area contributed by atoms with Crippen LogP contribution >= 0.6 is 39.5 Å². The Hall–Kier alpha value is -0.450. The summed E-state index contributed by atoms with van der Waals surface area (Å²) in [6, 6.07) is 12.7. The first-order chi connectivity index (χ1) is 8.84. The van der Waals surface area contributed by atoms with Gasteiger partial charge in [-0.1, -0.05) is 18.2 Å². The summed E-state index contributed by atoms with van der Waals surface area (Å²) in [6.45, 7) is 0. The summed E-state index contributed by atoms with van der Waals surface area (Å²) < 4.78 is 1.09. The minimum atomic E-state index is 0.644. The van der Waals surface area contributed by atoms with Crippen LogP contribution < -0.4 is 0 Å². The van der Waals surface area contributed by atoms with Crippen LogP contribution in [-0.4, -0.2) is 16.5 Å². The van der Waals surface area contributed by atoms with Gasteiger partial charge in [0.2, 0.25) is 0 Å². The molecule has 1 atom stereocenters. The van der Waals surface area contributed by atoms with Gasteiger partial charge in [-0.15, -0.1) is 23.5 Å². The van der Waals surface area contributed by atoms with Crippen molar-refractivity contribution in [3.63, 3.8) is 0 Å². The molecule has 1 nitrogen and oxygen atoms in total. The number of pyridine rings is 1. The van der Waals surface area contributed by atoms with E-state index in [0.29, 0.717) is 5.92 Å². The Morgan fingerprint density at radius 1 is 1.28 bits per heavy atom. The second-order valence-electron chi connectivity index (χ2n) is 4.15. The van der Waals surface area contributed by atoms with Crippen molar-refractivity contribution in [2.75, 3.05) is 11.5 Å². The number of thioether (sulfide) groups is 2. The van der Waals surface area contributed by atoms with E-state index in [2.05, 4.69) is 45.2 Å². The number of nitrogens with zero attached hydrogens (tertiary/aromatic N) is 1. The van der Waals surface area contributed by atoms with Gasteiger partial charge in [0, 0.05) is 33.0 Å². The molecule has 0 N–H and O–H groups in total. The summed E-state index contributed by atoms with van der Waals surface area (Å²) in [5.41, 5.74) is 1.50. The summed E-state index contributed by atoms with van der Waals surface area (Å²) >= 11 is 7.36. The van der Waals surface area contributed by atoms with Crippen molar-refractivity contribution < 1.29 is 0 Å². The predicted molar refractivity (Wildman–Crippen MR) is 82.6 cm³/mol. The summed E-state index contributed by atoms with van der Waals surface area (Å²) in [4.78, 5) is 5.85. The monoisotopic (exact) mass is 337 g/mol. The summed E-state index contributed by atoms with van der Waals surface area (Å²) in [7, 11) is 0. The van der Waals surface area contributed by atoms with E-state index in [9.17, 15) is 0 Å². The van der Waals surface area contributed by atoms with E-state index in [-0.39, 0.29) is 0 Å². The standard InChI is InChI=1S/C14H12BrNS2/c15-12-5-3-7-16-14(12)18-9-10-8-17-13-6-2-1-4-11(10)13/h1-7,10H,8-9H2. The molecule has 1 aromatic carbocycles. The Morgan fingerprint density at radius 3 is 3.06 bits per heavy atom. The summed E-state index contributed by atoms with van der Waals surface area (Å²) in [5.74, 6) is 2.93.